The van der Waals surface area contributed by atoms with Gasteiger partial charge in [-0.3, -0.25) is 0 Å². The number of hydrogen-bond acceptors (Lipinski definition) is 4. The van der Waals surface area contributed by atoms with E-state index < -0.39 is 0 Å². The van der Waals surface area contributed by atoms with E-state index in [1.807, 2.05) is 54.7 Å². The predicted molar refractivity (Wildman–Crippen MR) is 89.5 cm³/mol. The zero-order chi connectivity index (χ0) is 16.6. The van der Waals surface area contributed by atoms with Crippen LogP contribution < -0.4 is 10.6 Å². The van der Waals surface area contributed by atoms with Gasteiger partial charge in [0.2, 0.25) is 0 Å². The summed E-state index contributed by atoms with van der Waals surface area (Å²) < 4.78 is 0. The molecule has 20 heavy (non-hydrogen) atoms. The molecular weight excluding hydrogens is 248 g/mol. The number of rotatable bonds is 5. The van der Waals surface area contributed by atoms with Crippen LogP contribution >= 0.6 is 0 Å². The molecule has 0 spiro atoms. The first-order chi connectivity index (χ1) is 9.85. The molecule has 0 aromatic rings. The molecule has 0 radical (unpaired) electrons. The Morgan fingerprint density at radius 1 is 0.850 bits per heavy atom. The molecular formula is C16H36N4. The number of nitrogens with one attached hydrogen (secondary N) is 2. The van der Waals surface area contributed by atoms with E-state index in [2.05, 4.69) is 16.7 Å². The third-order valence-corrected chi connectivity index (χ3v) is 1.73. The monoisotopic (exact) mass is 284 g/mol. The summed E-state index contributed by atoms with van der Waals surface area (Å²) in [5.41, 5.74) is 0. The largest absolute Gasteiger partial charge is 0.319 e. The van der Waals surface area contributed by atoms with Crippen molar-refractivity contribution in [2.45, 2.75) is 73.3 Å². The predicted octanol–water partition coefficient (Wildman–Crippen LogP) is 3.85. The maximum absolute atomic E-state index is 8.11. The van der Waals surface area contributed by atoms with Crippen LogP contribution in [-0.4, -0.2) is 26.2 Å². The van der Waals surface area contributed by atoms with Crippen LogP contribution in [0.25, 0.3) is 0 Å². The molecule has 0 atom stereocenters. The lowest BCUT2D eigenvalue weighted by molar-refractivity contribution is 0.694. The Labute approximate surface area is 127 Å². The molecule has 0 aromatic carbocycles. The van der Waals surface area contributed by atoms with Gasteiger partial charge in [0.15, 0.2) is 0 Å². The molecule has 120 valence electrons. The quantitative estimate of drug-likeness (QED) is 0.752. The maximum Gasteiger partial charge on any atom is 0.0635 e. The van der Waals surface area contributed by atoms with Gasteiger partial charge in [-0.25, -0.2) is 0 Å². The highest BCUT2D eigenvalue weighted by atomic mass is 14.9. The molecule has 1 aliphatic rings. The highest BCUT2D eigenvalue weighted by Crippen LogP contribution is 2.17. The van der Waals surface area contributed by atoms with Crippen molar-refractivity contribution in [2.24, 2.45) is 0 Å². The highest BCUT2D eigenvalue weighted by Gasteiger charge is 2.19. The van der Waals surface area contributed by atoms with Crippen molar-refractivity contribution in [3.8, 4) is 12.1 Å². The standard InChI is InChI=1S/C6H10N2.C4H8N2.3C2H6/c7-4-1-5-8-6-2-3-6;1-6-4-2-3-5;3*1-2/h6,8H,1-3,5H2;6H,2,4H2,1H3;3*1-2H3. The summed E-state index contributed by atoms with van der Waals surface area (Å²) in [6, 6.07) is 4.85. The molecule has 0 saturated heterocycles. The van der Waals surface area contributed by atoms with Crippen molar-refractivity contribution >= 4 is 0 Å². The van der Waals surface area contributed by atoms with Crippen LogP contribution in [0.2, 0.25) is 0 Å². The van der Waals surface area contributed by atoms with Crippen LogP contribution in [-0.2, 0) is 0 Å². The Bertz CT molecular complexity index is 200. The molecule has 1 saturated carbocycles. The smallest absolute Gasteiger partial charge is 0.0635 e. The second-order valence-electron chi connectivity index (χ2n) is 3.15. The van der Waals surface area contributed by atoms with Crippen LogP contribution in [0.5, 0.6) is 0 Å². The van der Waals surface area contributed by atoms with Gasteiger partial charge in [0.05, 0.1) is 12.1 Å². The van der Waals surface area contributed by atoms with Gasteiger partial charge in [0, 0.05) is 32.0 Å². The fourth-order valence-electron chi connectivity index (χ4n) is 0.801. The molecule has 1 fully saturated rings. The van der Waals surface area contributed by atoms with E-state index in [0.29, 0.717) is 12.8 Å². The van der Waals surface area contributed by atoms with Crippen molar-refractivity contribution in [1.82, 2.24) is 10.6 Å². The third-order valence-electron chi connectivity index (χ3n) is 1.73. The Balaban J connectivity index is -0.0000000952. The minimum Gasteiger partial charge on any atom is -0.319 e. The van der Waals surface area contributed by atoms with Crippen LogP contribution in [0.3, 0.4) is 0 Å². The lowest BCUT2D eigenvalue weighted by Crippen LogP contribution is -2.16. The molecule has 4 heteroatoms. The number of hydrogen-bond donors (Lipinski definition) is 2. The Morgan fingerprint density at radius 2 is 1.25 bits per heavy atom. The first kappa shape index (κ1) is 27.3. The van der Waals surface area contributed by atoms with Gasteiger partial charge < -0.3 is 10.6 Å². The van der Waals surface area contributed by atoms with Gasteiger partial charge in [-0.15, -0.1) is 0 Å². The number of nitrogens with zero attached hydrogens (tertiary/aromatic N) is 2. The van der Waals surface area contributed by atoms with Gasteiger partial charge in [-0.05, 0) is 19.9 Å². The highest BCUT2D eigenvalue weighted by molar-refractivity contribution is 4.82. The molecule has 4 nitrogen and oxygen atoms in total. The second kappa shape index (κ2) is 36.1. The van der Waals surface area contributed by atoms with E-state index in [1.54, 1.807) is 0 Å². The van der Waals surface area contributed by atoms with Crippen LogP contribution in [0.4, 0.5) is 0 Å². The van der Waals surface area contributed by atoms with Gasteiger partial charge in [-0.2, -0.15) is 10.5 Å². The van der Waals surface area contributed by atoms with Crippen LogP contribution in [0.15, 0.2) is 0 Å². The summed E-state index contributed by atoms with van der Waals surface area (Å²) in [4.78, 5) is 0. The molecule has 1 aliphatic carbocycles. The molecule has 0 heterocycles. The summed E-state index contributed by atoms with van der Waals surface area (Å²) in [5.74, 6) is 0. The number of nitriles is 2. The fraction of sp³-hybridized carbons (Fsp3) is 0.875. The first-order valence-electron chi connectivity index (χ1n) is 7.97. The van der Waals surface area contributed by atoms with Crippen LogP contribution in [0.1, 0.15) is 67.2 Å². The molecule has 2 N–H and O–H groups in total. The van der Waals surface area contributed by atoms with Crippen LogP contribution in [0, 0.1) is 22.7 Å². The Morgan fingerprint density at radius 3 is 1.50 bits per heavy atom. The summed E-state index contributed by atoms with van der Waals surface area (Å²) in [7, 11) is 1.83. The van der Waals surface area contributed by atoms with Crippen molar-refractivity contribution in [1.29, 1.82) is 10.5 Å². The minimum atomic E-state index is 0.608. The lowest BCUT2D eigenvalue weighted by atomic mass is 10.4. The Hall–Kier alpha value is -1.10. The van der Waals surface area contributed by atoms with Crippen molar-refractivity contribution in [2.75, 3.05) is 20.1 Å². The first-order valence-corrected chi connectivity index (χ1v) is 7.97. The Kier molecular flexibility index (Phi) is 49.2. The average Bonchev–Trinajstić information content (AvgIpc) is 3.36. The van der Waals surface area contributed by atoms with E-state index in [1.165, 1.54) is 12.8 Å². The SMILES string of the molecule is CC.CC.CC.CNCCC#N.N#CCCNC1CC1. The minimum absolute atomic E-state index is 0.608. The van der Waals surface area contributed by atoms with E-state index in [0.717, 1.165) is 19.1 Å². The van der Waals surface area contributed by atoms with Gasteiger partial charge >= 0.3 is 0 Å². The normalized spacial score (nSPS) is 10.2. The summed E-state index contributed by atoms with van der Waals surface area (Å²) in [6.07, 6.45) is 3.88. The lowest BCUT2D eigenvalue weighted by Gasteiger charge is -1.93. The third kappa shape index (κ3) is 43.6. The van der Waals surface area contributed by atoms with E-state index in [4.69, 9.17) is 10.5 Å². The molecule has 0 aliphatic heterocycles. The molecule has 0 bridgehead atoms. The summed E-state index contributed by atoms with van der Waals surface area (Å²) in [6.45, 7) is 13.7. The molecule has 1 rings (SSSR count). The zero-order valence-electron chi connectivity index (χ0n) is 14.7. The van der Waals surface area contributed by atoms with Crippen molar-refractivity contribution in [3.05, 3.63) is 0 Å². The molecule has 0 amide bonds. The van der Waals surface area contributed by atoms with Gasteiger partial charge in [-0.1, -0.05) is 41.5 Å². The van der Waals surface area contributed by atoms with Crippen molar-refractivity contribution < 1.29 is 0 Å². The zero-order valence-corrected chi connectivity index (χ0v) is 14.7. The van der Waals surface area contributed by atoms with Gasteiger partial charge in [0.25, 0.3) is 0 Å². The fourth-order valence-corrected chi connectivity index (χ4v) is 0.801. The maximum atomic E-state index is 8.11. The summed E-state index contributed by atoms with van der Waals surface area (Å²) in [5, 5.41) is 22.1. The molecule has 0 aromatic heterocycles. The topological polar surface area (TPSA) is 71.6 Å². The summed E-state index contributed by atoms with van der Waals surface area (Å²) >= 11 is 0. The average molecular weight is 284 g/mol. The van der Waals surface area contributed by atoms with E-state index in [-0.39, 0.29) is 0 Å². The second-order valence-corrected chi connectivity index (χ2v) is 3.15. The van der Waals surface area contributed by atoms with E-state index >= 15 is 0 Å². The van der Waals surface area contributed by atoms with Gasteiger partial charge in [0.1, 0.15) is 0 Å². The molecule has 0 unspecified atom stereocenters. The van der Waals surface area contributed by atoms with Crippen molar-refractivity contribution in [3.63, 3.8) is 0 Å². The van der Waals surface area contributed by atoms with E-state index in [9.17, 15) is 0 Å².